The fraction of sp³-hybridized carbons (Fsp3) is 0.0417. The summed E-state index contributed by atoms with van der Waals surface area (Å²) in [5.74, 6) is -0.139. The molecule has 4 heterocycles. The standard InChI is InChI=1S/C24H16ClFN4OS/c25-19-8-7-18(32-19)22-23(29-17-2-1-10-28-24(17)22)15-9-11-27-20(13-15)30-21(31)12-14-3-5-16(26)6-4-14/h1-11,13,29H,12H2,(H,27,30,31). The van der Waals surface area contributed by atoms with Crippen LogP contribution in [0.15, 0.2) is 73.1 Å². The second-order valence-corrected chi connectivity index (χ2v) is 8.87. The third-order valence-electron chi connectivity index (χ3n) is 4.97. The molecule has 0 saturated carbocycles. The van der Waals surface area contributed by atoms with Crippen LogP contribution in [-0.2, 0) is 11.2 Å². The number of rotatable bonds is 5. The number of fused-ring (bicyclic) bond motifs is 1. The molecule has 0 fully saturated rings. The van der Waals surface area contributed by atoms with E-state index in [9.17, 15) is 9.18 Å². The maximum Gasteiger partial charge on any atom is 0.229 e. The summed E-state index contributed by atoms with van der Waals surface area (Å²) in [4.78, 5) is 25.7. The number of anilines is 1. The van der Waals surface area contributed by atoms with E-state index in [-0.39, 0.29) is 18.1 Å². The Morgan fingerprint density at radius 1 is 1.06 bits per heavy atom. The molecule has 1 amide bonds. The van der Waals surface area contributed by atoms with E-state index in [2.05, 4.69) is 20.3 Å². The van der Waals surface area contributed by atoms with Crippen molar-refractivity contribution in [1.29, 1.82) is 0 Å². The summed E-state index contributed by atoms with van der Waals surface area (Å²) >= 11 is 7.67. The summed E-state index contributed by atoms with van der Waals surface area (Å²) in [7, 11) is 0. The molecule has 0 radical (unpaired) electrons. The van der Waals surface area contributed by atoms with E-state index in [0.29, 0.717) is 10.2 Å². The lowest BCUT2D eigenvalue weighted by molar-refractivity contribution is -0.115. The predicted molar refractivity (Wildman–Crippen MR) is 126 cm³/mol. The highest BCUT2D eigenvalue weighted by Crippen LogP contribution is 2.41. The second-order valence-electron chi connectivity index (χ2n) is 7.16. The van der Waals surface area contributed by atoms with Gasteiger partial charge in [-0.25, -0.2) is 9.37 Å². The lowest BCUT2D eigenvalue weighted by atomic mass is 10.1. The molecule has 158 valence electrons. The molecule has 0 aliphatic heterocycles. The van der Waals surface area contributed by atoms with Crippen molar-refractivity contribution in [3.05, 3.63) is 88.8 Å². The minimum Gasteiger partial charge on any atom is -0.353 e. The number of pyridine rings is 2. The molecule has 0 unspecified atom stereocenters. The molecule has 8 heteroatoms. The first-order valence-corrected chi connectivity index (χ1v) is 11.0. The highest BCUT2D eigenvalue weighted by molar-refractivity contribution is 7.19. The normalized spacial score (nSPS) is 11.1. The topological polar surface area (TPSA) is 70.7 Å². The Bertz CT molecular complexity index is 1430. The lowest BCUT2D eigenvalue weighted by Crippen LogP contribution is -2.15. The Balaban J connectivity index is 1.48. The van der Waals surface area contributed by atoms with Gasteiger partial charge in [0.25, 0.3) is 0 Å². The van der Waals surface area contributed by atoms with Crippen LogP contribution in [0.5, 0.6) is 0 Å². The number of carbonyl (C=O) groups is 1. The number of nitrogens with zero attached hydrogens (tertiary/aromatic N) is 2. The van der Waals surface area contributed by atoms with Gasteiger partial charge in [-0.05, 0) is 54.1 Å². The van der Waals surface area contributed by atoms with E-state index in [1.54, 1.807) is 24.5 Å². The molecule has 0 spiro atoms. The Hall–Kier alpha value is -3.55. The van der Waals surface area contributed by atoms with Crippen LogP contribution in [0.3, 0.4) is 0 Å². The molecule has 5 nitrogen and oxygen atoms in total. The van der Waals surface area contributed by atoms with Gasteiger partial charge >= 0.3 is 0 Å². The third-order valence-corrected chi connectivity index (χ3v) is 6.22. The number of hydrogen-bond donors (Lipinski definition) is 2. The van der Waals surface area contributed by atoms with Crippen molar-refractivity contribution in [1.82, 2.24) is 15.0 Å². The fourth-order valence-corrected chi connectivity index (χ4v) is 4.65. The van der Waals surface area contributed by atoms with Gasteiger partial charge in [-0.3, -0.25) is 9.78 Å². The van der Waals surface area contributed by atoms with Gasteiger partial charge < -0.3 is 10.3 Å². The fourth-order valence-electron chi connectivity index (χ4n) is 3.56. The molecule has 2 N–H and O–H groups in total. The first kappa shape index (κ1) is 20.4. The maximum atomic E-state index is 13.1. The molecule has 0 atom stereocenters. The number of halogens is 2. The Morgan fingerprint density at radius 3 is 2.69 bits per heavy atom. The first-order chi connectivity index (χ1) is 15.6. The van der Waals surface area contributed by atoms with Gasteiger partial charge in [-0.1, -0.05) is 23.7 Å². The number of aromatic amines is 1. The lowest BCUT2D eigenvalue weighted by Gasteiger charge is -2.08. The van der Waals surface area contributed by atoms with Crippen molar-refractivity contribution in [2.24, 2.45) is 0 Å². The summed E-state index contributed by atoms with van der Waals surface area (Å²) in [5, 5.41) is 2.82. The number of carbonyl (C=O) groups excluding carboxylic acids is 1. The Labute approximate surface area is 191 Å². The molecule has 5 aromatic rings. The van der Waals surface area contributed by atoms with Gasteiger partial charge in [0.05, 0.1) is 27.5 Å². The van der Waals surface area contributed by atoms with Crippen LogP contribution in [0.1, 0.15) is 5.56 Å². The van der Waals surface area contributed by atoms with Gasteiger partial charge in [0, 0.05) is 28.4 Å². The van der Waals surface area contributed by atoms with Gasteiger partial charge in [0.15, 0.2) is 0 Å². The summed E-state index contributed by atoms with van der Waals surface area (Å²) in [5.41, 5.74) is 5.15. The van der Waals surface area contributed by atoms with Crippen molar-refractivity contribution in [3.63, 3.8) is 0 Å². The van der Waals surface area contributed by atoms with E-state index in [1.807, 2.05) is 36.4 Å². The second kappa shape index (κ2) is 8.53. The zero-order chi connectivity index (χ0) is 22.1. The molecule has 0 saturated heterocycles. The van der Waals surface area contributed by atoms with E-state index in [4.69, 9.17) is 11.6 Å². The Morgan fingerprint density at radius 2 is 1.91 bits per heavy atom. The van der Waals surface area contributed by atoms with E-state index in [1.165, 1.54) is 23.5 Å². The largest absolute Gasteiger partial charge is 0.353 e. The van der Waals surface area contributed by atoms with Gasteiger partial charge in [-0.15, -0.1) is 11.3 Å². The minimum absolute atomic E-state index is 0.126. The number of hydrogen-bond acceptors (Lipinski definition) is 4. The maximum absolute atomic E-state index is 13.1. The number of benzene rings is 1. The highest BCUT2D eigenvalue weighted by atomic mass is 35.5. The molecule has 0 aliphatic rings. The monoisotopic (exact) mass is 462 g/mol. The summed E-state index contributed by atoms with van der Waals surface area (Å²) in [6, 6.07) is 17.2. The summed E-state index contributed by atoms with van der Waals surface area (Å²) in [6.07, 6.45) is 3.53. The van der Waals surface area contributed by atoms with Crippen LogP contribution in [0.25, 0.3) is 32.7 Å². The number of nitrogens with one attached hydrogen (secondary N) is 2. The van der Waals surface area contributed by atoms with Crippen molar-refractivity contribution in [2.75, 3.05) is 5.32 Å². The zero-order valence-electron chi connectivity index (χ0n) is 16.6. The summed E-state index contributed by atoms with van der Waals surface area (Å²) < 4.78 is 13.8. The van der Waals surface area contributed by atoms with Crippen molar-refractivity contribution in [3.8, 4) is 21.7 Å². The minimum atomic E-state index is -0.334. The van der Waals surface area contributed by atoms with Gasteiger partial charge in [-0.2, -0.15) is 0 Å². The molecular weight excluding hydrogens is 447 g/mol. The number of aromatic nitrogens is 3. The SMILES string of the molecule is O=C(Cc1ccc(F)cc1)Nc1cc(-c2[nH]c3cccnc3c2-c2ccc(Cl)s2)ccn1. The molecule has 1 aromatic carbocycles. The van der Waals surface area contributed by atoms with Crippen LogP contribution in [0.2, 0.25) is 4.34 Å². The molecule has 5 rings (SSSR count). The van der Waals surface area contributed by atoms with Crippen molar-refractivity contribution >= 4 is 45.7 Å². The number of amides is 1. The van der Waals surface area contributed by atoms with Crippen LogP contribution in [0.4, 0.5) is 10.2 Å². The third kappa shape index (κ3) is 4.12. The molecule has 0 bridgehead atoms. The highest BCUT2D eigenvalue weighted by Gasteiger charge is 2.18. The molecular formula is C24H16ClFN4OS. The van der Waals surface area contributed by atoms with E-state index >= 15 is 0 Å². The van der Waals surface area contributed by atoms with Crippen LogP contribution in [0, 0.1) is 5.82 Å². The van der Waals surface area contributed by atoms with Crippen molar-refractivity contribution < 1.29 is 9.18 Å². The summed E-state index contributed by atoms with van der Waals surface area (Å²) in [6.45, 7) is 0. The first-order valence-electron chi connectivity index (χ1n) is 9.80. The smallest absolute Gasteiger partial charge is 0.229 e. The van der Waals surface area contributed by atoms with Gasteiger partial charge in [0.1, 0.15) is 11.6 Å². The molecule has 4 aromatic heterocycles. The van der Waals surface area contributed by atoms with E-state index in [0.717, 1.165) is 38.3 Å². The quantitative estimate of drug-likeness (QED) is 0.320. The van der Waals surface area contributed by atoms with Crippen molar-refractivity contribution in [2.45, 2.75) is 6.42 Å². The predicted octanol–water partition coefficient (Wildman–Crippen LogP) is 6.33. The van der Waals surface area contributed by atoms with E-state index < -0.39 is 0 Å². The number of H-pyrrole nitrogens is 1. The molecule has 0 aliphatic carbocycles. The zero-order valence-corrected chi connectivity index (χ0v) is 18.2. The van der Waals surface area contributed by atoms with Crippen LogP contribution in [-0.4, -0.2) is 20.9 Å². The van der Waals surface area contributed by atoms with Gasteiger partial charge in [0.2, 0.25) is 5.91 Å². The molecule has 32 heavy (non-hydrogen) atoms. The number of thiophene rings is 1. The average molecular weight is 463 g/mol. The van der Waals surface area contributed by atoms with Crippen LogP contribution >= 0.6 is 22.9 Å². The van der Waals surface area contributed by atoms with Crippen LogP contribution < -0.4 is 5.32 Å². The average Bonchev–Trinajstić information content (AvgIpc) is 3.38. The Kier molecular flexibility index (Phi) is 5.43.